The summed E-state index contributed by atoms with van der Waals surface area (Å²) in [6.45, 7) is 3.48. The molecule has 1 aliphatic heterocycles. The second-order valence-corrected chi connectivity index (χ2v) is 7.11. The minimum Gasteiger partial charge on any atom is -0.491 e. The molecule has 0 bridgehead atoms. The second kappa shape index (κ2) is 7.09. The first-order chi connectivity index (χ1) is 12.6. The van der Waals surface area contributed by atoms with Crippen LogP contribution in [-0.4, -0.2) is 28.8 Å². The molecule has 5 nitrogen and oxygen atoms in total. The SMILES string of the molecule is C[C@@]1(COc2ccc3c(Nc4ccc(Cl)nc4)nccc3c2)CCCO1. The lowest BCUT2D eigenvalue weighted by molar-refractivity contribution is -0.0158. The number of aromatic nitrogens is 2. The molecule has 1 N–H and O–H groups in total. The number of fused-ring (bicyclic) bond motifs is 1. The van der Waals surface area contributed by atoms with E-state index in [-0.39, 0.29) is 5.60 Å². The number of nitrogens with one attached hydrogen (secondary N) is 1. The summed E-state index contributed by atoms with van der Waals surface area (Å²) in [5.74, 6) is 1.60. The van der Waals surface area contributed by atoms with Gasteiger partial charge in [-0.25, -0.2) is 9.97 Å². The second-order valence-electron chi connectivity index (χ2n) is 6.73. The average molecular weight is 370 g/mol. The molecule has 4 rings (SSSR count). The van der Waals surface area contributed by atoms with Gasteiger partial charge in [-0.05, 0) is 61.5 Å². The minimum absolute atomic E-state index is 0.179. The van der Waals surface area contributed by atoms with Gasteiger partial charge in [0, 0.05) is 18.2 Å². The third-order valence-corrected chi connectivity index (χ3v) is 4.79. The zero-order valence-corrected chi connectivity index (χ0v) is 15.3. The molecule has 2 aromatic heterocycles. The van der Waals surface area contributed by atoms with E-state index < -0.39 is 0 Å². The Hall–Kier alpha value is -2.37. The van der Waals surface area contributed by atoms with Gasteiger partial charge < -0.3 is 14.8 Å². The van der Waals surface area contributed by atoms with E-state index >= 15 is 0 Å². The van der Waals surface area contributed by atoms with Crippen LogP contribution in [0.2, 0.25) is 5.15 Å². The highest BCUT2D eigenvalue weighted by molar-refractivity contribution is 6.29. The van der Waals surface area contributed by atoms with E-state index in [0.29, 0.717) is 11.8 Å². The van der Waals surface area contributed by atoms with Gasteiger partial charge in [-0.2, -0.15) is 0 Å². The molecular formula is C20H20ClN3O2. The van der Waals surface area contributed by atoms with E-state index in [1.165, 1.54) is 0 Å². The molecule has 1 atom stereocenters. The summed E-state index contributed by atoms with van der Waals surface area (Å²) in [6, 6.07) is 11.6. The number of pyridine rings is 2. The number of benzene rings is 1. The van der Waals surface area contributed by atoms with Crippen LogP contribution in [0.4, 0.5) is 11.5 Å². The van der Waals surface area contributed by atoms with Crippen LogP contribution in [-0.2, 0) is 4.74 Å². The van der Waals surface area contributed by atoms with Crippen molar-refractivity contribution in [3.8, 4) is 5.75 Å². The maximum atomic E-state index is 5.98. The maximum absolute atomic E-state index is 5.98. The molecule has 1 aliphatic rings. The maximum Gasteiger partial charge on any atom is 0.138 e. The van der Waals surface area contributed by atoms with Crippen molar-refractivity contribution in [2.45, 2.75) is 25.4 Å². The molecule has 0 radical (unpaired) electrons. The summed E-state index contributed by atoms with van der Waals surface area (Å²) in [5, 5.41) is 5.81. The number of halogens is 1. The lowest BCUT2D eigenvalue weighted by Crippen LogP contribution is -2.31. The Bertz CT molecular complexity index is 909. The van der Waals surface area contributed by atoms with Gasteiger partial charge in [0.25, 0.3) is 0 Å². The first kappa shape index (κ1) is 17.1. The van der Waals surface area contributed by atoms with Gasteiger partial charge in [0.2, 0.25) is 0 Å². The van der Waals surface area contributed by atoms with Gasteiger partial charge >= 0.3 is 0 Å². The van der Waals surface area contributed by atoms with E-state index in [1.54, 1.807) is 18.5 Å². The third-order valence-electron chi connectivity index (χ3n) is 4.57. The summed E-state index contributed by atoms with van der Waals surface area (Å²) in [6.07, 6.45) is 5.59. The molecule has 0 amide bonds. The molecule has 0 saturated carbocycles. The predicted octanol–water partition coefficient (Wildman–Crippen LogP) is 4.97. The molecular weight excluding hydrogens is 350 g/mol. The molecule has 3 heterocycles. The fourth-order valence-corrected chi connectivity index (χ4v) is 3.23. The van der Waals surface area contributed by atoms with E-state index in [1.807, 2.05) is 30.3 Å². The summed E-state index contributed by atoms with van der Waals surface area (Å²) in [4.78, 5) is 8.52. The number of anilines is 2. The number of ether oxygens (including phenoxy) is 2. The van der Waals surface area contributed by atoms with E-state index in [4.69, 9.17) is 21.1 Å². The van der Waals surface area contributed by atoms with Gasteiger partial charge in [0.15, 0.2) is 0 Å². The Morgan fingerprint density at radius 3 is 2.92 bits per heavy atom. The number of hydrogen-bond donors (Lipinski definition) is 1. The van der Waals surface area contributed by atoms with Crippen LogP contribution in [0.1, 0.15) is 19.8 Å². The van der Waals surface area contributed by atoms with E-state index in [2.05, 4.69) is 22.2 Å². The van der Waals surface area contributed by atoms with Crippen LogP contribution in [0.5, 0.6) is 5.75 Å². The fourth-order valence-electron chi connectivity index (χ4n) is 3.12. The monoisotopic (exact) mass is 369 g/mol. The summed E-state index contributed by atoms with van der Waals surface area (Å²) in [7, 11) is 0. The van der Waals surface area contributed by atoms with Gasteiger partial charge in [-0.15, -0.1) is 0 Å². The Morgan fingerprint density at radius 1 is 1.23 bits per heavy atom. The predicted molar refractivity (Wildman–Crippen MR) is 103 cm³/mol. The molecule has 0 spiro atoms. The zero-order valence-electron chi connectivity index (χ0n) is 14.5. The zero-order chi connectivity index (χ0) is 18.0. The van der Waals surface area contributed by atoms with Gasteiger partial charge in [0.1, 0.15) is 23.3 Å². The van der Waals surface area contributed by atoms with E-state index in [0.717, 1.165) is 47.5 Å². The van der Waals surface area contributed by atoms with Crippen molar-refractivity contribution in [1.82, 2.24) is 9.97 Å². The number of rotatable bonds is 5. The number of nitrogens with zero attached hydrogens (tertiary/aromatic N) is 2. The van der Waals surface area contributed by atoms with E-state index in [9.17, 15) is 0 Å². The topological polar surface area (TPSA) is 56.3 Å². The summed E-state index contributed by atoms with van der Waals surface area (Å²) >= 11 is 5.84. The highest BCUT2D eigenvalue weighted by Crippen LogP contribution is 2.30. The van der Waals surface area contributed by atoms with Crippen molar-refractivity contribution in [2.75, 3.05) is 18.5 Å². The van der Waals surface area contributed by atoms with Crippen molar-refractivity contribution >= 4 is 33.9 Å². The van der Waals surface area contributed by atoms with Crippen molar-refractivity contribution in [1.29, 1.82) is 0 Å². The van der Waals surface area contributed by atoms with Crippen molar-refractivity contribution in [2.24, 2.45) is 0 Å². The lowest BCUT2D eigenvalue weighted by atomic mass is 10.0. The van der Waals surface area contributed by atoms with Crippen molar-refractivity contribution < 1.29 is 9.47 Å². The molecule has 1 fully saturated rings. The molecule has 1 aromatic carbocycles. The van der Waals surface area contributed by atoms with Gasteiger partial charge in [0.05, 0.1) is 17.5 Å². The van der Waals surface area contributed by atoms with Crippen LogP contribution in [0, 0.1) is 0 Å². The molecule has 134 valence electrons. The summed E-state index contributed by atoms with van der Waals surface area (Å²) in [5.41, 5.74) is 0.655. The van der Waals surface area contributed by atoms with Crippen LogP contribution in [0.3, 0.4) is 0 Å². The minimum atomic E-state index is -0.179. The van der Waals surface area contributed by atoms with Crippen LogP contribution in [0.25, 0.3) is 10.8 Å². The quantitative estimate of drug-likeness (QED) is 0.643. The van der Waals surface area contributed by atoms with Crippen LogP contribution < -0.4 is 10.1 Å². The molecule has 3 aromatic rings. The number of hydrogen-bond acceptors (Lipinski definition) is 5. The molecule has 0 unspecified atom stereocenters. The molecule has 6 heteroatoms. The van der Waals surface area contributed by atoms with Crippen LogP contribution >= 0.6 is 11.6 Å². The fraction of sp³-hybridized carbons (Fsp3) is 0.300. The third kappa shape index (κ3) is 3.74. The normalized spacial score (nSPS) is 19.6. The Morgan fingerprint density at radius 2 is 2.15 bits per heavy atom. The van der Waals surface area contributed by atoms with Gasteiger partial charge in [-0.1, -0.05) is 11.6 Å². The first-order valence-corrected chi connectivity index (χ1v) is 9.03. The van der Waals surface area contributed by atoms with Crippen LogP contribution in [0.15, 0.2) is 48.8 Å². The standard InChI is InChI=1S/C20H20ClN3O2/c1-20(8-2-10-26-20)13-25-16-4-5-17-14(11-16)7-9-22-19(17)24-15-3-6-18(21)23-12-15/h3-7,9,11-12H,2,8,10,13H2,1H3,(H,22,24)/t20-/m0/s1. The largest absolute Gasteiger partial charge is 0.491 e. The highest BCUT2D eigenvalue weighted by Gasteiger charge is 2.30. The molecule has 0 aliphatic carbocycles. The lowest BCUT2D eigenvalue weighted by Gasteiger charge is -2.23. The highest BCUT2D eigenvalue weighted by atomic mass is 35.5. The Kier molecular flexibility index (Phi) is 4.66. The van der Waals surface area contributed by atoms with Crippen molar-refractivity contribution in [3.05, 3.63) is 53.9 Å². The molecule has 26 heavy (non-hydrogen) atoms. The smallest absolute Gasteiger partial charge is 0.138 e. The Balaban J connectivity index is 1.54. The Labute approximate surface area is 157 Å². The first-order valence-electron chi connectivity index (χ1n) is 8.65. The average Bonchev–Trinajstić information content (AvgIpc) is 3.09. The summed E-state index contributed by atoms with van der Waals surface area (Å²) < 4.78 is 11.8. The van der Waals surface area contributed by atoms with Crippen molar-refractivity contribution in [3.63, 3.8) is 0 Å². The van der Waals surface area contributed by atoms with Gasteiger partial charge in [-0.3, -0.25) is 0 Å². The molecule has 1 saturated heterocycles.